The van der Waals surface area contributed by atoms with Gasteiger partial charge in [0.05, 0.1) is 0 Å². The Kier molecular flexibility index (Phi) is 3.91. The summed E-state index contributed by atoms with van der Waals surface area (Å²) in [7, 11) is 0. The first-order valence-electron chi connectivity index (χ1n) is 3.82. The van der Waals surface area contributed by atoms with E-state index >= 15 is 0 Å². The minimum atomic E-state index is -0.685. The maximum atomic E-state index is 11.4. The third kappa shape index (κ3) is 2.22. The average molecular weight is 190 g/mol. The molecule has 0 aromatic carbocycles. The molecule has 3 nitrogen and oxygen atoms in total. The molecular weight excluding hydrogens is 179 g/mol. The van der Waals surface area contributed by atoms with Gasteiger partial charge in [0.15, 0.2) is 5.78 Å². The van der Waals surface area contributed by atoms with Crippen molar-refractivity contribution in [2.24, 2.45) is 5.41 Å². The summed E-state index contributed by atoms with van der Waals surface area (Å²) >= 11 is 0. The van der Waals surface area contributed by atoms with Crippen LogP contribution in [0.3, 0.4) is 0 Å². The molecule has 0 radical (unpaired) electrons. The van der Waals surface area contributed by atoms with Gasteiger partial charge in [-0.15, -0.1) is 0 Å². The summed E-state index contributed by atoms with van der Waals surface area (Å²) in [6, 6.07) is 0. The molecule has 13 heavy (non-hydrogen) atoms. The van der Waals surface area contributed by atoms with Crippen LogP contribution >= 0.6 is 0 Å². The molecule has 66 valence electrons. The molecule has 0 saturated carbocycles. The standard InChI is InChI=1S/C9H12O3.Na/c1-5-7(11)6(10)4-9(2,3)8(5)12;/h11H,4H2,1-3H3;/q;+1/p-1. The van der Waals surface area contributed by atoms with E-state index in [2.05, 4.69) is 0 Å². The van der Waals surface area contributed by atoms with E-state index in [1.807, 2.05) is 0 Å². The molecular formula is C9H11NaO3. The van der Waals surface area contributed by atoms with Gasteiger partial charge in [-0.25, -0.2) is 0 Å². The van der Waals surface area contributed by atoms with E-state index in [4.69, 9.17) is 0 Å². The quantitative estimate of drug-likeness (QED) is 0.387. The molecule has 0 spiro atoms. The van der Waals surface area contributed by atoms with Crippen molar-refractivity contribution in [3.05, 3.63) is 11.3 Å². The number of hydrogen-bond acceptors (Lipinski definition) is 3. The first-order valence-corrected chi connectivity index (χ1v) is 3.82. The van der Waals surface area contributed by atoms with Crippen LogP contribution in [0.5, 0.6) is 0 Å². The molecule has 0 amide bonds. The largest absolute Gasteiger partial charge is 1.00 e. The zero-order chi connectivity index (χ0) is 9.52. The summed E-state index contributed by atoms with van der Waals surface area (Å²) in [6.45, 7) is 4.79. The van der Waals surface area contributed by atoms with Gasteiger partial charge in [0, 0.05) is 11.8 Å². The van der Waals surface area contributed by atoms with E-state index in [-0.39, 0.29) is 47.3 Å². The Labute approximate surface area is 99.5 Å². The molecule has 0 N–H and O–H groups in total. The van der Waals surface area contributed by atoms with Crippen LogP contribution in [0.4, 0.5) is 0 Å². The molecule has 1 rings (SSSR count). The molecule has 0 aromatic rings. The molecule has 0 aromatic heterocycles. The molecule has 0 fully saturated rings. The number of hydrogen-bond donors (Lipinski definition) is 0. The van der Waals surface area contributed by atoms with Crippen molar-refractivity contribution in [2.75, 3.05) is 0 Å². The molecule has 0 aliphatic heterocycles. The molecule has 0 atom stereocenters. The first kappa shape index (κ1) is 12.9. The fourth-order valence-electron chi connectivity index (χ4n) is 1.38. The Hall–Kier alpha value is -0.120. The molecule has 1 aliphatic rings. The van der Waals surface area contributed by atoms with E-state index in [0.29, 0.717) is 0 Å². The van der Waals surface area contributed by atoms with Crippen LogP contribution in [-0.4, -0.2) is 11.6 Å². The predicted octanol–water partition coefficient (Wildman–Crippen LogP) is -2.81. The Morgan fingerprint density at radius 1 is 1.31 bits per heavy atom. The minimum Gasteiger partial charge on any atom is -0.870 e. The SMILES string of the molecule is CC1=C([O-])C(=O)CC(C)(C)C1=O.[Na+]. The van der Waals surface area contributed by atoms with Crippen molar-refractivity contribution in [3.63, 3.8) is 0 Å². The van der Waals surface area contributed by atoms with Gasteiger partial charge in [0.2, 0.25) is 0 Å². The second kappa shape index (κ2) is 3.95. The van der Waals surface area contributed by atoms with E-state index < -0.39 is 17.0 Å². The summed E-state index contributed by atoms with van der Waals surface area (Å²) < 4.78 is 0. The molecule has 4 heteroatoms. The number of rotatable bonds is 0. The summed E-state index contributed by atoms with van der Waals surface area (Å²) in [4.78, 5) is 22.4. The van der Waals surface area contributed by atoms with Crippen LogP contribution in [0.25, 0.3) is 0 Å². The Balaban J connectivity index is 0.00000144. The summed E-state index contributed by atoms with van der Waals surface area (Å²) in [5, 5.41) is 11.0. The van der Waals surface area contributed by atoms with Crippen LogP contribution < -0.4 is 34.7 Å². The van der Waals surface area contributed by atoms with Gasteiger partial charge < -0.3 is 5.11 Å². The second-order valence-corrected chi connectivity index (χ2v) is 3.77. The van der Waals surface area contributed by atoms with Crippen LogP contribution in [0.2, 0.25) is 0 Å². The number of ketones is 2. The fraction of sp³-hybridized carbons (Fsp3) is 0.556. The van der Waals surface area contributed by atoms with Crippen LogP contribution in [0.1, 0.15) is 27.2 Å². The van der Waals surface area contributed by atoms with E-state index in [0.717, 1.165) is 0 Å². The molecule has 0 heterocycles. The summed E-state index contributed by atoms with van der Waals surface area (Å²) in [5.41, 5.74) is -0.606. The Morgan fingerprint density at radius 2 is 1.77 bits per heavy atom. The number of Topliss-reactive ketones (excluding diaryl/α,β-unsaturated/α-hetero) is 2. The van der Waals surface area contributed by atoms with Gasteiger partial charge in [-0.2, -0.15) is 0 Å². The van der Waals surface area contributed by atoms with Crippen LogP contribution in [0, 0.1) is 5.41 Å². The monoisotopic (exact) mass is 190 g/mol. The van der Waals surface area contributed by atoms with Gasteiger partial charge in [0.1, 0.15) is 5.78 Å². The van der Waals surface area contributed by atoms with Gasteiger partial charge in [-0.05, 0) is 12.5 Å². The smallest absolute Gasteiger partial charge is 0.870 e. The fourth-order valence-corrected chi connectivity index (χ4v) is 1.38. The minimum absolute atomic E-state index is 0. The molecule has 1 aliphatic carbocycles. The van der Waals surface area contributed by atoms with Gasteiger partial charge in [0.25, 0.3) is 0 Å². The van der Waals surface area contributed by atoms with E-state index in [9.17, 15) is 14.7 Å². The molecule has 0 bridgehead atoms. The van der Waals surface area contributed by atoms with Crippen LogP contribution in [-0.2, 0) is 9.59 Å². The third-order valence-electron chi connectivity index (χ3n) is 2.15. The maximum absolute atomic E-state index is 11.4. The van der Waals surface area contributed by atoms with Crippen molar-refractivity contribution < 1.29 is 44.3 Å². The number of carbonyl (C=O) groups is 2. The summed E-state index contributed by atoms with van der Waals surface area (Å²) in [5.74, 6) is -1.26. The van der Waals surface area contributed by atoms with Gasteiger partial charge in [-0.1, -0.05) is 19.6 Å². The number of carbonyl (C=O) groups excluding carboxylic acids is 2. The molecule has 0 saturated heterocycles. The third-order valence-corrected chi connectivity index (χ3v) is 2.15. The van der Waals surface area contributed by atoms with Crippen molar-refractivity contribution in [3.8, 4) is 0 Å². The predicted molar refractivity (Wildman–Crippen MR) is 41.1 cm³/mol. The topological polar surface area (TPSA) is 57.2 Å². The Morgan fingerprint density at radius 3 is 2.23 bits per heavy atom. The molecule has 0 unspecified atom stereocenters. The van der Waals surface area contributed by atoms with Crippen LogP contribution in [0.15, 0.2) is 11.3 Å². The van der Waals surface area contributed by atoms with Crippen molar-refractivity contribution in [1.29, 1.82) is 0 Å². The first-order chi connectivity index (χ1) is 5.36. The van der Waals surface area contributed by atoms with Crippen molar-refractivity contribution in [2.45, 2.75) is 27.2 Å². The average Bonchev–Trinajstić information content (AvgIpc) is 1.97. The zero-order valence-corrected chi connectivity index (χ0v) is 10.4. The Bertz CT molecular complexity index is 289. The van der Waals surface area contributed by atoms with Gasteiger partial charge in [-0.3, -0.25) is 9.59 Å². The van der Waals surface area contributed by atoms with E-state index in [1.165, 1.54) is 6.92 Å². The number of allylic oxidation sites excluding steroid dienone is 2. The van der Waals surface area contributed by atoms with Crippen molar-refractivity contribution in [1.82, 2.24) is 0 Å². The normalized spacial score (nSPS) is 21.5. The van der Waals surface area contributed by atoms with Crippen molar-refractivity contribution >= 4 is 11.6 Å². The summed E-state index contributed by atoms with van der Waals surface area (Å²) in [6.07, 6.45) is 0.0437. The maximum Gasteiger partial charge on any atom is 1.00 e. The van der Waals surface area contributed by atoms with E-state index in [1.54, 1.807) is 13.8 Å². The second-order valence-electron chi connectivity index (χ2n) is 3.77. The van der Waals surface area contributed by atoms with Gasteiger partial charge >= 0.3 is 29.6 Å². The zero-order valence-electron chi connectivity index (χ0n) is 8.43.